The van der Waals surface area contributed by atoms with Crippen LogP contribution in [0, 0.1) is 5.82 Å². The number of rotatable bonds is 4. The van der Waals surface area contributed by atoms with Crippen molar-refractivity contribution < 1.29 is 13.9 Å². The molecule has 1 unspecified atom stereocenters. The summed E-state index contributed by atoms with van der Waals surface area (Å²) in [6, 6.07) is 10.3. The number of halogens is 1. The molecule has 2 aromatic carbocycles. The molecule has 148 valence electrons. The first-order chi connectivity index (χ1) is 13.2. The molecule has 0 amide bonds. The Balaban J connectivity index is 1.85. The predicted octanol–water partition coefficient (Wildman–Crippen LogP) is 5.48. The van der Waals surface area contributed by atoms with E-state index in [4.69, 9.17) is 4.74 Å². The van der Waals surface area contributed by atoms with E-state index in [9.17, 15) is 9.18 Å². The molecule has 1 aliphatic heterocycles. The average Bonchev–Trinajstić information content (AvgIpc) is 2.65. The zero-order valence-corrected chi connectivity index (χ0v) is 17.1. The van der Waals surface area contributed by atoms with E-state index in [0.717, 1.165) is 17.7 Å². The number of carbonyl (C=O) groups is 1. The minimum Gasteiger partial charge on any atom is -0.462 e. The third-order valence-corrected chi connectivity index (χ3v) is 5.48. The second-order valence-electron chi connectivity index (χ2n) is 7.93. The minimum atomic E-state index is -0.361. The summed E-state index contributed by atoms with van der Waals surface area (Å²) in [4.78, 5) is 18.2. The average molecular weight is 382 g/mol. The summed E-state index contributed by atoms with van der Waals surface area (Å²) >= 11 is 0. The van der Waals surface area contributed by atoms with E-state index in [0.29, 0.717) is 29.3 Å². The van der Waals surface area contributed by atoms with Crippen LogP contribution >= 0.6 is 0 Å². The molecule has 3 rings (SSSR count). The van der Waals surface area contributed by atoms with Crippen molar-refractivity contribution >= 4 is 23.6 Å². The largest absolute Gasteiger partial charge is 0.462 e. The van der Waals surface area contributed by atoms with Crippen molar-refractivity contribution in [3.8, 4) is 0 Å². The normalized spacial score (nSPS) is 18.2. The number of aliphatic imine (C=N–C) groups is 1. The zero-order valence-electron chi connectivity index (χ0n) is 17.1. The van der Waals surface area contributed by atoms with Crippen molar-refractivity contribution in [2.75, 3.05) is 18.6 Å². The summed E-state index contributed by atoms with van der Waals surface area (Å²) in [7, 11) is 2.02. The number of ether oxygens (including phenoxy) is 1. The van der Waals surface area contributed by atoms with Gasteiger partial charge in [0.05, 0.1) is 17.9 Å². The van der Waals surface area contributed by atoms with Crippen LogP contribution in [-0.2, 0) is 4.74 Å². The van der Waals surface area contributed by atoms with Gasteiger partial charge in [0.15, 0.2) is 0 Å². The number of nitrogens with zero attached hydrogens (tertiary/aromatic N) is 2. The van der Waals surface area contributed by atoms with Gasteiger partial charge in [-0.15, -0.1) is 0 Å². The van der Waals surface area contributed by atoms with E-state index in [-0.39, 0.29) is 17.3 Å². The molecular weight excluding hydrogens is 355 g/mol. The van der Waals surface area contributed by atoms with Gasteiger partial charge in [0.1, 0.15) is 5.82 Å². The second kappa shape index (κ2) is 7.74. The van der Waals surface area contributed by atoms with Gasteiger partial charge in [-0.3, -0.25) is 4.99 Å². The molecule has 2 aromatic rings. The van der Waals surface area contributed by atoms with Crippen LogP contribution in [-0.4, -0.2) is 31.4 Å². The highest BCUT2D eigenvalue weighted by Gasteiger charge is 2.34. The van der Waals surface area contributed by atoms with Crippen LogP contribution in [0.15, 0.2) is 41.4 Å². The van der Waals surface area contributed by atoms with Crippen LogP contribution in [0.3, 0.4) is 0 Å². The maximum Gasteiger partial charge on any atom is 0.338 e. The number of anilines is 1. The van der Waals surface area contributed by atoms with Crippen LogP contribution in [0.5, 0.6) is 0 Å². The number of esters is 1. The van der Waals surface area contributed by atoms with Gasteiger partial charge < -0.3 is 9.64 Å². The van der Waals surface area contributed by atoms with Gasteiger partial charge >= 0.3 is 5.97 Å². The van der Waals surface area contributed by atoms with Gasteiger partial charge in [-0.2, -0.15) is 0 Å². The van der Waals surface area contributed by atoms with Gasteiger partial charge in [0, 0.05) is 30.1 Å². The molecule has 1 aliphatic rings. The van der Waals surface area contributed by atoms with Gasteiger partial charge in [-0.05, 0) is 75.1 Å². The maximum absolute atomic E-state index is 14.7. The van der Waals surface area contributed by atoms with Crippen molar-refractivity contribution in [3.63, 3.8) is 0 Å². The molecule has 0 aliphatic carbocycles. The molecule has 0 N–H and O–H groups in total. The fourth-order valence-corrected chi connectivity index (χ4v) is 3.75. The zero-order chi connectivity index (χ0) is 20.5. The molecule has 0 aromatic heterocycles. The highest BCUT2D eigenvalue weighted by molar-refractivity contribution is 5.90. The van der Waals surface area contributed by atoms with E-state index in [2.05, 4.69) is 30.7 Å². The minimum absolute atomic E-state index is 0.00483. The molecule has 0 fully saturated rings. The lowest BCUT2D eigenvalue weighted by Crippen LogP contribution is -2.45. The van der Waals surface area contributed by atoms with E-state index in [1.165, 1.54) is 0 Å². The Labute approximate surface area is 166 Å². The van der Waals surface area contributed by atoms with Crippen LogP contribution in [0.25, 0.3) is 0 Å². The Morgan fingerprint density at radius 2 is 2.00 bits per heavy atom. The van der Waals surface area contributed by atoms with Gasteiger partial charge in [0.2, 0.25) is 0 Å². The Bertz CT molecular complexity index is 904. The molecule has 0 spiro atoms. The first kappa shape index (κ1) is 20.1. The number of hydrogen-bond acceptors (Lipinski definition) is 4. The fraction of sp³-hybridized carbons (Fsp3) is 0.391. The third-order valence-electron chi connectivity index (χ3n) is 5.48. The summed E-state index contributed by atoms with van der Waals surface area (Å²) in [5, 5.41) is 0. The molecule has 0 saturated heterocycles. The van der Waals surface area contributed by atoms with Crippen LogP contribution in [0.2, 0.25) is 0 Å². The summed E-state index contributed by atoms with van der Waals surface area (Å²) in [6.45, 7) is 8.64. The van der Waals surface area contributed by atoms with Crippen molar-refractivity contribution in [2.45, 2.75) is 45.6 Å². The van der Waals surface area contributed by atoms with E-state index >= 15 is 0 Å². The quantitative estimate of drug-likeness (QED) is 0.520. The SMILES string of the molecule is CCOC(=O)c1ccc(N=Cc2cc3c(cc2F)N(C)C(C)(C)CC3C)cc1. The highest BCUT2D eigenvalue weighted by Crippen LogP contribution is 2.43. The number of carbonyl (C=O) groups excluding carboxylic acids is 1. The summed E-state index contributed by atoms with van der Waals surface area (Å²) < 4.78 is 19.7. The van der Waals surface area contributed by atoms with Crippen LogP contribution < -0.4 is 4.90 Å². The van der Waals surface area contributed by atoms with Crippen molar-refractivity contribution in [2.24, 2.45) is 4.99 Å². The first-order valence-electron chi connectivity index (χ1n) is 9.61. The summed E-state index contributed by atoms with van der Waals surface area (Å²) in [5.74, 6) is -0.306. The lowest BCUT2D eigenvalue weighted by Gasteiger charge is -2.45. The van der Waals surface area contributed by atoms with Crippen molar-refractivity contribution in [3.05, 3.63) is 58.9 Å². The van der Waals surface area contributed by atoms with Gasteiger partial charge in [0.25, 0.3) is 0 Å². The lowest BCUT2D eigenvalue weighted by atomic mass is 9.80. The van der Waals surface area contributed by atoms with Gasteiger partial charge in [-0.1, -0.05) is 6.92 Å². The third kappa shape index (κ3) is 3.93. The van der Waals surface area contributed by atoms with Gasteiger partial charge in [-0.25, -0.2) is 9.18 Å². The Morgan fingerprint density at radius 1 is 1.32 bits per heavy atom. The predicted molar refractivity (Wildman–Crippen MR) is 112 cm³/mol. The molecule has 0 saturated carbocycles. The van der Waals surface area contributed by atoms with Crippen LogP contribution in [0.4, 0.5) is 15.8 Å². The Kier molecular flexibility index (Phi) is 5.54. The topological polar surface area (TPSA) is 41.9 Å². The van der Waals surface area contributed by atoms with E-state index in [1.54, 1.807) is 43.5 Å². The standard InChI is InChI=1S/C23H27FN2O2/c1-6-28-22(27)16-7-9-18(10-8-16)25-14-17-11-19-15(2)13-23(3,4)26(5)21(19)12-20(17)24/h7-12,14-15H,6,13H2,1-5H3. The maximum atomic E-state index is 14.7. The molecule has 28 heavy (non-hydrogen) atoms. The lowest BCUT2D eigenvalue weighted by molar-refractivity contribution is 0.0526. The van der Waals surface area contributed by atoms with E-state index < -0.39 is 0 Å². The summed E-state index contributed by atoms with van der Waals surface area (Å²) in [5.41, 5.74) is 3.67. The van der Waals surface area contributed by atoms with E-state index in [1.807, 2.05) is 13.1 Å². The molecule has 0 bridgehead atoms. The van der Waals surface area contributed by atoms with Crippen LogP contribution in [0.1, 0.15) is 61.5 Å². The second-order valence-corrected chi connectivity index (χ2v) is 7.93. The fourth-order valence-electron chi connectivity index (χ4n) is 3.75. The molecule has 1 heterocycles. The number of fused-ring (bicyclic) bond motifs is 1. The molecule has 0 radical (unpaired) electrons. The monoisotopic (exact) mass is 382 g/mol. The Hall–Kier alpha value is -2.69. The summed E-state index contributed by atoms with van der Waals surface area (Å²) in [6.07, 6.45) is 2.55. The molecule has 4 nitrogen and oxygen atoms in total. The number of hydrogen-bond donors (Lipinski definition) is 0. The smallest absolute Gasteiger partial charge is 0.338 e. The Morgan fingerprint density at radius 3 is 2.64 bits per heavy atom. The molecule has 5 heteroatoms. The first-order valence-corrected chi connectivity index (χ1v) is 9.61. The highest BCUT2D eigenvalue weighted by atomic mass is 19.1. The van der Waals surface area contributed by atoms with Crippen molar-refractivity contribution in [1.82, 2.24) is 0 Å². The van der Waals surface area contributed by atoms with Crippen molar-refractivity contribution in [1.29, 1.82) is 0 Å². The molecular formula is C23H27FN2O2. The molecule has 1 atom stereocenters. The number of benzene rings is 2.